The monoisotopic (exact) mass is 310 g/mol. The molecule has 1 N–H and O–H groups in total. The first-order valence-corrected chi connectivity index (χ1v) is 7.19. The Kier molecular flexibility index (Phi) is 3.98. The van der Waals surface area contributed by atoms with Crippen LogP contribution in [0.5, 0.6) is 0 Å². The highest BCUT2D eigenvalue weighted by Crippen LogP contribution is 2.31. The first kappa shape index (κ1) is 15.4. The summed E-state index contributed by atoms with van der Waals surface area (Å²) in [6.07, 6.45) is -0.966. The molecule has 0 saturated heterocycles. The molecule has 5 heteroatoms. The normalized spacial score (nSPS) is 16.5. The number of imide groups is 1. The van der Waals surface area contributed by atoms with Crippen LogP contribution in [0.1, 0.15) is 20.7 Å². The number of ether oxygens (including phenoxy) is 1. The van der Waals surface area contributed by atoms with E-state index in [0.29, 0.717) is 16.5 Å². The van der Waals surface area contributed by atoms with E-state index in [1.807, 2.05) is 12.1 Å². The molecular formula is C18H16NO4. The van der Waals surface area contributed by atoms with Crippen molar-refractivity contribution in [2.24, 2.45) is 0 Å². The van der Waals surface area contributed by atoms with Crippen molar-refractivity contribution in [2.75, 3.05) is 6.61 Å². The summed E-state index contributed by atoms with van der Waals surface area (Å²) in [5, 5.41) is 11.3. The van der Waals surface area contributed by atoms with E-state index >= 15 is 0 Å². The minimum Gasteiger partial charge on any atom is -0.388 e. The molecule has 5 nitrogen and oxygen atoms in total. The van der Waals surface area contributed by atoms with Crippen molar-refractivity contribution in [3.63, 3.8) is 0 Å². The number of carbonyl (C=O) groups excluding carboxylic acids is 2. The van der Waals surface area contributed by atoms with E-state index in [1.165, 1.54) is 6.08 Å². The van der Waals surface area contributed by atoms with Crippen LogP contribution in [0, 0.1) is 6.92 Å². The van der Waals surface area contributed by atoms with Gasteiger partial charge in [0, 0.05) is 16.5 Å². The van der Waals surface area contributed by atoms with Crippen molar-refractivity contribution in [2.45, 2.75) is 12.3 Å². The average molecular weight is 310 g/mol. The van der Waals surface area contributed by atoms with Gasteiger partial charge in [0.2, 0.25) is 0 Å². The molecule has 2 amide bonds. The minimum atomic E-state index is -1.27. The molecule has 117 valence electrons. The molecule has 0 spiro atoms. The molecule has 2 aromatic carbocycles. The molecular weight excluding hydrogens is 294 g/mol. The summed E-state index contributed by atoms with van der Waals surface area (Å²) in [6.45, 7) is 7.10. The zero-order chi connectivity index (χ0) is 16.6. The molecule has 2 atom stereocenters. The van der Waals surface area contributed by atoms with Crippen LogP contribution in [0.2, 0.25) is 0 Å². The molecule has 3 rings (SSSR count). The molecule has 2 aromatic rings. The van der Waals surface area contributed by atoms with Crippen molar-refractivity contribution < 1.29 is 19.4 Å². The standard InChI is InChI=1S/C18H16NO4/c1-3-10-23-18(11(2)20)19-16(21)13-8-4-6-12-7-5-9-14(15(12)13)17(19)22/h3-9,11,18,20H,1-2,10H2. The van der Waals surface area contributed by atoms with Gasteiger partial charge in [0.1, 0.15) is 0 Å². The Hall–Kier alpha value is -2.50. The summed E-state index contributed by atoms with van der Waals surface area (Å²) in [6, 6.07) is 10.5. The topological polar surface area (TPSA) is 66.8 Å². The van der Waals surface area contributed by atoms with Gasteiger partial charge in [0.15, 0.2) is 6.23 Å². The fourth-order valence-electron chi connectivity index (χ4n) is 2.80. The highest BCUT2D eigenvalue weighted by molar-refractivity contribution is 6.25. The quantitative estimate of drug-likeness (QED) is 0.679. The van der Waals surface area contributed by atoms with Gasteiger partial charge in [0.05, 0.1) is 12.7 Å². The maximum Gasteiger partial charge on any atom is 0.263 e. The summed E-state index contributed by atoms with van der Waals surface area (Å²) >= 11 is 0. The third-order valence-electron chi connectivity index (χ3n) is 3.77. The molecule has 0 saturated carbocycles. The number of carbonyl (C=O) groups is 2. The first-order valence-electron chi connectivity index (χ1n) is 7.19. The SMILES string of the molecule is [CH2]C(O)C(OCC=C)N1C(=O)c2cccc3cccc(c23)C1=O. The minimum absolute atomic E-state index is 0.0835. The number of hydrogen-bond donors (Lipinski definition) is 1. The Balaban J connectivity index is 2.14. The van der Waals surface area contributed by atoms with Gasteiger partial charge in [-0.05, 0) is 24.4 Å². The second-order valence-electron chi connectivity index (χ2n) is 5.27. The fraction of sp³-hybridized carbons (Fsp3) is 0.167. The molecule has 0 bridgehead atoms. The van der Waals surface area contributed by atoms with Crippen molar-refractivity contribution in [1.29, 1.82) is 0 Å². The highest BCUT2D eigenvalue weighted by Gasteiger charge is 2.39. The van der Waals surface area contributed by atoms with Gasteiger partial charge in [-0.15, -0.1) is 6.58 Å². The lowest BCUT2D eigenvalue weighted by Crippen LogP contribution is -2.52. The smallest absolute Gasteiger partial charge is 0.263 e. The molecule has 0 fully saturated rings. The van der Waals surface area contributed by atoms with Crippen molar-refractivity contribution in [3.05, 3.63) is 67.1 Å². The zero-order valence-electron chi connectivity index (χ0n) is 12.4. The van der Waals surface area contributed by atoms with Gasteiger partial charge in [-0.2, -0.15) is 0 Å². The third kappa shape index (κ3) is 2.44. The number of rotatable bonds is 5. The second kappa shape index (κ2) is 5.95. The van der Waals surface area contributed by atoms with Gasteiger partial charge in [-0.1, -0.05) is 30.3 Å². The van der Waals surface area contributed by atoms with Crippen LogP contribution in [0.15, 0.2) is 49.1 Å². The molecule has 0 aromatic heterocycles. The van der Waals surface area contributed by atoms with Crippen LogP contribution in [0.25, 0.3) is 10.8 Å². The largest absolute Gasteiger partial charge is 0.388 e. The number of benzene rings is 2. The van der Waals surface area contributed by atoms with Crippen LogP contribution in [0.3, 0.4) is 0 Å². The lowest BCUT2D eigenvalue weighted by Gasteiger charge is -2.34. The first-order chi connectivity index (χ1) is 11.1. The summed E-state index contributed by atoms with van der Waals surface area (Å²) in [5.41, 5.74) is 0.816. The predicted molar refractivity (Wildman–Crippen MR) is 85.7 cm³/mol. The van der Waals surface area contributed by atoms with Crippen LogP contribution in [-0.4, -0.2) is 40.8 Å². The van der Waals surface area contributed by atoms with E-state index in [4.69, 9.17) is 4.74 Å². The van der Waals surface area contributed by atoms with Gasteiger partial charge in [0.25, 0.3) is 11.8 Å². The molecule has 0 aliphatic carbocycles. The number of nitrogens with zero attached hydrogens (tertiary/aromatic N) is 1. The maximum absolute atomic E-state index is 12.8. The number of hydrogen-bond acceptors (Lipinski definition) is 4. The Labute approximate surface area is 133 Å². The summed E-state index contributed by atoms with van der Waals surface area (Å²) in [5.74, 6) is -1.01. The van der Waals surface area contributed by atoms with Crippen LogP contribution in [0.4, 0.5) is 0 Å². The lowest BCUT2D eigenvalue weighted by atomic mass is 9.93. The van der Waals surface area contributed by atoms with Crippen LogP contribution in [-0.2, 0) is 4.74 Å². The highest BCUT2D eigenvalue weighted by atomic mass is 16.5. The van der Waals surface area contributed by atoms with Gasteiger partial charge >= 0.3 is 0 Å². The van der Waals surface area contributed by atoms with Crippen molar-refractivity contribution >= 4 is 22.6 Å². The van der Waals surface area contributed by atoms with Gasteiger partial charge < -0.3 is 9.84 Å². The van der Waals surface area contributed by atoms with Crippen LogP contribution < -0.4 is 0 Å². The van der Waals surface area contributed by atoms with E-state index in [9.17, 15) is 14.7 Å². The van der Waals surface area contributed by atoms with E-state index in [2.05, 4.69) is 13.5 Å². The summed E-state index contributed by atoms with van der Waals surface area (Å²) in [7, 11) is 0. The lowest BCUT2D eigenvalue weighted by molar-refractivity contribution is -0.0757. The summed E-state index contributed by atoms with van der Waals surface area (Å²) < 4.78 is 5.40. The molecule has 1 aliphatic rings. The van der Waals surface area contributed by atoms with Gasteiger partial charge in [-0.3, -0.25) is 9.59 Å². The van der Waals surface area contributed by atoms with Crippen molar-refractivity contribution in [1.82, 2.24) is 4.90 Å². The Bertz CT molecular complexity index is 746. The summed E-state index contributed by atoms with van der Waals surface area (Å²) in [4.78, 5) is 26.5. The molecule has 1 radical (unpaired) electrons. The number of amides is 2. The van der Waals surface area contributed by atoms with Gasteiger partial charge in [-0.25, -0.2) is 4.90 Å². The predicted octanol–water partition coefficient (Wildman–Crippen LogP) is 2.16. The number of aliphatic hydroxyl groups is 1. The Morgan fingerprint density at radius 2 is 1.70 bits per heavy atom. The van der Waals surface area contributed by atoms with Crippen LogP contribution >= 0.6 is 0 Å². The number of aliphatic hydroxyl groups excluding tert-OH is 1. The maximum atomic E-state index is 12.8. The Morgan fingerprint density at radius 3 is 2.17 bits per heavy atom. The Morgan fingerprint density at radius 1 is 1.13 bits per heavy atom. The van der Waals surface area contributed by atoms with E-state index in [1.54, 1.807) is 24.3 Å². The fourth-order valence-corrected chi connectivity index (χ4v) is 2.80. The molecule has 2 unspecified atom stereocenters. The molecule has 1 heterocycles. The average Bonchev–Trinajstić information content (AvgIpc) is 2.55. The van der Waals surface area contributed by atoms with E-state index < -0.39 is 24.1 Å². The van der Waals surface area contributed by atoms with E-state index in [-0.39, 0.29) is 6.61 Å². The molecule has 23 heavy (non-hydrogen) atoms. The van der Waals surface area contributed by atoms with Crippen molar-refractivity contribution in [3.8, 4) is 0 Å². The molecule has 1 aliphatic heterocycles. The zero-order valence-corrected chi connectivity index (χ0v) is 12.4. The second-order valence-corrected chi connectivity index (χ2v) is 5.27. The van der Waals surface area contributed by atoms with E-state index in [0.717, 1.165) is 10.3 Å². The third-order valence-corrected chi connectivity index (χ3v) is 3.77.